The minimum atomic E-state index is -0.538. The molecule has 1 aliphatic rings. The molecule has 0 spiro atoms. The lowest BCUT2D eigenvalue weighted by atomic mass is 9.81. The van der Waals surface area contributed by atoms with Crippen LogP contribution in [0.25, 0.3) is 0 Å². The Morgan fingerprint density at radius 2 is 1.85 bits per heavy atom. The second kappa shape index (κ2) is 7.79. The van der Waals surface area contributed by atoms with E-state index in [0.717, 1.165) is 11.1 Å². The van der Waals surface area contributed by atoms with Gasteiger partial charge in [0.05, 0.1) is 5.92 Å². The number of carbonyl (C=O) groups is 1. The lowest BCUT2D eigenvalue weighted by Crippen LogP contribution is -2.23. The Hall–Kier alpha value is -3.52. The molecular weight excluding hydrogens is 340 g/mol. The number of benzene rings is 2. The number of rotatable bonds is 5. The number of hydrogen-bond acceptors (Lipinski definition) is 5. The van der Waals surface area contributed by atoms with E-state index in [1.54, 1.807) is 6.92 Å². The van der Waals surface area contributed by atoms with Crippen LogP contribution in [0.3, 0.4) is 0 Å². The van der Waals surface area contributed by atoms with Crippen LogP contribution >= 0.6 is 0 Å². The van der Waals surface area contributed by atoms with Gasteiger partial charge in [-0.25, -0.2) is 0 Å². The smallest absolute Gasteiger partial charge is 0.205 e. The Morgan fingerprint density at radius 1 is 1.19 bits per heavy atom. The third-order valence-corrected chi connectivity index (χ3v) is 4.45. The predicted octanol–water partition coefficient (Wildman–Crippen LogP) is 3.94. The first-order valence-corrected chi connectivity index (χ1v) is 8.57. The maximum absolute atomic E-state index is 12.2. The summed E-state index contributed by atoms with van der Waals surface area (Å²) < 4.78 is 11.2. The van der Waals surface area contributed by atoms with Crippen molar-refractivity contribution in [1.82, 2.24) is 0 Å². The van der Waals surface area contributed by atoms with E-state index in [1.165, 1.54) is 6.92 Å². The standard InChI is InChI=1S/C22H20N2O3/c1-14(25)20-15(2)27-22(24)19(12-23)21(20)17-8-10-18(11-9-17)26-13-16-6-4-3-5-7-16/h3-11,21H,13,24H2,1-2H3/t21-/m1/s1. The second-order valence-corrected chi connectivity index (χ2v) is 6.29. The Bertz CT molecular complexity index is 951. The van der Waals surface area contributed by atoms with Crippen molar-refractivity contribution in [2.75, 3.05) is 0 Å². The third-order valence-electron chi connectivity index (χ3n) is 4.45. The van der Waals surface area contributed by atoms with Gasteiger partial charge in [-0.05, 0) is 37.1 Å². The van der Waals surface area contributed by atoms with Gasteiger partial charge in [-0.15, -0.1) is 0 Å². The molecule has 136 valence electrons. The molecule has 0 radical (unpaired) electrons. The molecule has 2 aromatic carbocycles. The molecular formula is C22H20N2O3. The van der Waals surface area contributed by atoms with E-state index in [0.29, 0.717) is 23.7 Å². The van der Waals surface area contributed by atoms with Gasteiger partial charge < -0.3 is 15.2 Å². The number of allylic oxidation sites excluding steroid dienone is 3. The second-order valence-electron chi connectivity index (χ2n) is 6.29. The van der Waals surface area contributed by atoms with Crippen LogP contribution in [-0.2, 0) is 16.1 Å². The monoisotopic (exact) mass is 360 g/mol. The molecule has 5 nitrogen and oxygen atoms in total. The SMILES string of the molecule is CC(=O)C1=C(C)OC(N)=C(C#N)[C@H]1c1ccc(OCc2ccccc2)cc1. The Labute approximate surface area is 158 Å². The zero-order valence-electron chi connectivity index (χ0n) is 15.2. The number of nitriles is 1. The quantitative estimate of drug-likeness (QED) is 0.873. The largest absolute Gasteiger partial charge is 0.489 e. The first kappa shape index (κ1) is 18.3. The number of ether oxygens (including phenoxy) is 2. The molecule has 0 saturated carbocycles. The summed E-state index contributed by atoms with van der Waals surface area (Å²) in [5.41, 5.74) is 8.42. The van der Waals surface area contributed by atoms with Gasteiger partial charge in [0.25, 0.3) is 0 Å². The molecule has 2 N–H and O–H groups in total. The molecule has 27 heavy (non-hydrogen) atoms. The van der Waals surface area contributed by atoms with Crippen LogP contribution in [0.4, 0.5) is 0 Å². The van der Waals surface area contributed by atoms with Crippen LogP contribution < -0.4 is 10.5 Å². The summed E-state index contributed by atoms with van der Waals surface area (Å²) in [6.07, 6.45) is 0. The molecule has 5 heteroatoms. The number of carbonyl (C=O) groups excluding carboxylic acids is 1. The number of nitrogens with two attached hydrogens (primary N) is 1. The van der Waals surface area contributed by atoms with Crippen molar-refractivity contribution in [3.8, 4) is 11.8 Å². The van der Waals surface area contributed by atoms with E-state index in [-0.39, 0.29) is 17.2 Å². The van der Waals surface area contributed by atoms with Crippen LogP contribution in [0.2, 0.25) is 0 Å². The average Bonchev–Trinajstić information content (AvgIpc) is 2.67. The number of hydrogen-bond donors (Lipinski definition) is 1. The lowest BCUT2D eigenvalue weighted by Gasteiger charge is -2.26. The fourth-order valence-corrected chi connectivity index (χ4v) is 3.17. The zero-order valence-corrected chi connectivity index (χ0v) is 15.2. The molecule has 0 bridgehead atoms. The molecule has 1 heterocycles. The van der Waals surface area contributed by atoms with Crippen LogP contribution in [0, 0.1) is 11.3 Å². The van der Waals surface area contributed by atoms with Gasteiger partial charge >= 0.3 is 0 Å². The van der Waals surface area contributed by atoms with Crippen molar-refractivity contribution < 1.29 is 14.3 Å². The van der Waals surface area contributed by atoms with Gasteiger partial charge in [0.2, 0.25) is 5.88 Å². The Kier molecular flexibility index (Phi) is 5.28. The number of nitrogens with zero attached hydrogens (tertiary/aromatic N) is 1. The first-order valence-electron chi connectivity index (χ1n) is 8.57. The minimum Gasteiger partial charge on any atom is -0.489 e. The van der Waals surface area contributed by atoms with Crippen molar-refractivity contribution in [2.24, 2.45) is 5.73 Å². The summed E-state index contributed by atoms with van der Waals surface area (Å²) in [4.78, 5) is 12.2. The Morgan fingerprint density at radius 3 is 2.44 bits per heavy atom. The topological polar surface area (TPSA) is 85.3 Å². The highest BCUT2D eigenvalue weighted by molar-refractivity contribution is 5.96. The third kappa shape index (κ3) is 3.85. The summed E-state index contributed by atoms with van der Waals surface area (Å²) in [7, 11) is 0. The Balaban J connectivity index is 1.86. The zero-order chi connectivity index (χ0) is 19.4. The van der Waals surface area contributed by atoms with E-state index in [4.69, 9.17) is 15.2 Å². The van der Waals surface area contributed by atoms with E-state index in [1.807, 2.05) is 54.6 Å². The highest BCUT2D eigenvalue weighted by Crippen LogP contribution is 2.39. The maximum Gasteiger partial charge on any atom is 0.205 e. The van der Waals surface area contributed by atoms with Gasteiger partial charge in [-0.2, -0.15) is 5.26 Å². The molecule has 0 aromatic heterocycles. The average molecular weight is 360 g/mol. The molecule has 2 aromatic rings. The molecule has 0 aliphatic carbocycles. The normalized spacial score (nSPS) is 16.6. The van der Waals surface area contributed by atoms with Gasteiger partial charge in [0.1, 0.15) is 29.8 Å². The van der Waals surface area contributed by atoms with Crippen molar-refractivity contribution in [2.45, 2.75) is 26.4 Å². The van der Waals surface area contributed by atoms with E-state index in [9.17, 15) is 10.1 Å². The molecule has 0 fully saturated rings. The molecule has 0 saturated heterocycles. The van der Waals surface area contributed by atoms with Crippen molar-refractivity contribution in [1.29, 1.82) is 5.26 Å². The maximum atomic E-state index is 12.2. The highest BCUT2D eigenvalue weighted by Gasteiger charge is 2.33. The molecule has 0 unspecified atom stereocenters. The first-order chi connectivity index (χ1) is 13.0. The van der Waals surface area contributed by atoms with Crippen LogP contribution in [0.5, 0.6) is 5.75 Å². The van der Waals surface area contributed by atoms with E-state index < -0.39 is 5.92 Å². The summed E-state index contributed by atoms with van der Waals surface area (Å²) in [5, 5.41) is 9.52. The summed E-state index contributed by atoms with van der Waals surface area (Å²) in [6.45, 7) is 3.61. The highest BCUT2D eigenvalue weighted by atomic mass is 16.5. The summed E-state index contributed by atoms with van der Waals surface area (Å²) in [5.74, 6) is 0.476. The fourth-order valence-electron chi connectivity index (χ4n) is 3.17. The summed E-state index contributed by atoms with van der Waals surface area (Å²) in [6, 6.07) is 19.3. The minimum absolute atomic E-state index is 0.0365. The summed E-state index contributed by atoms with van der Waals surface area (Å²) >= 11 is 0. The van der Waals surface area contributed by atoms with Crippen LogP contribution in [-0.4, -0.2) is 5.78 Å². The molecule has 1 atom stereocenters. The molecule has 1 aliphatic heterocycles. The van der Waals surface area contributed by atoms with Gasteiger partial charge in [0.15, 0.2) is 5.78 Å². The van der Waals surface area contributed by atoms with Crippen molar-refractivity contribution in [3.63, 3.8) is 0 Å². The van der Waals surface area contributed by atoms with Gasteiger partial charge in [0, 0.05) is 5.57 Å². The van der Waals surface area contributed by atoms with E-state index >= 15 is 0 Å². The predicted molar refractivity (Wildman–Crippen MR) is 101 cm³/mol. The van der Waals surface area contributed by atoms with E-state index in [2.05, 4.69) is 6.07 Å². The van der Waals surface area contributed by atoms with Gasteiger partial charge in [-0.1, -0.05) is 42.5 Å². The number of Topliss-reactive ketones (excluding diaryl/α,β-unsaturated/α-hetero) is 1. The molecule has 0 amide bonds. The van der Waals surface area contributed by atoms with Crippen molar-refractivity contribution >= 4 is 5.78 Å². The fraction of sp³-hybridized carbons (Fsp3) is 0.182. The number of ketones is 1. The lowest BCUT2D eigenvalue weighted by molar-refractivity contribution is -0.114. The molecule has 3 rings (SSSR count). The van der Waals surface area contributed by atoms with Gasteiger partial charge in [-0.3, -0.25) is 4.79 Å². The van der Waals surface area contributed by atoms with Crippen LogP contribution in [0.1, 0.15) is 30.9 Å². The van der Waals surface area contributed by atoms with Crippen molar-refractivity contribution in [3.05, 3.63) is 88.5 Å². The van der Waals surface area contributed by atoms with Crippen LogP contribution in [0.15, 0.2) is 77.4 Å².